The number of benzene rings is 3. The first-order valence-corrected chi connectivity index (χ1v) is 12.0. The Bertz CT molecular complexity index is 1460. The molecule has 0 radical (unpaired) electrons. The van der Waals surface area contributed by atoms with Crippen LogP contribution in [-0.2, 0) is 4.79 Å². The molecule has 5 rings (SSSR count). The van der Waals surface area contributed by atoms with Gasteiger partial charge in [-0.25, -0.2) is 0 Å². The molecule has 8 nitrogen and oxygen atoms in total. The number of nitrogens with zero attached hydrogens (tertiary/aromatic N) is 3. The third-order valence-electron chi connectivity index (χ3n) is 4.82. The smallest absolute Gasteiger partial charge is 0.279 e. The van der Waals surface area contributed by atoms with E-state index in [1.807, 2.05) is 72.8 Å². The normalized spacial score (nSPS) is 10.8. The van der Waals surface area contributed by atoms with Crippen molar-refractivity contribution in [3.63, 3.8) is 0 Å². The van der Waals surface area contributed by atoms with Crippen LogP contribution in [0, 0.1) is 0 Å². The number of carbonyl (C=O) groups is 2. The van der Waals surface area contributed by atoms with Crippen LogP contribution >= 0.6 is 23.1 Å². The number of hydrogen-bond acceptors (Lipinski definition) is 8. The second kappa shape index (κ2) is 9.86. The van der Waals surface area contributed by atoms with Gasteiger partial charge in [0.25, 0.3) is 5.91 Å². The highest BCUT2D eigenvalue weighted by Gasteiger charge is 2.16. The molecule has 0 aliphatic carbocycles. The first-order valence-electron chi connectivity index (χ1n) is 10.2. The molecule has 0 saturated heterocycles. The van der Waals surface area contributed by atoms with Crippen molar-refractivity contribution in [1.82, 2.24) is 15.4 Å². The number of rotatable bonds is 7. The molecule has 2 N–H and O–H groups in total. The highest BCUT2D eigenvalue weighted by molar-refractivity contribution is 8.01. The van der Waals surface area contributed by atoms with Crippen LogP contribution in [0.4, 0.5) is 10.8 Å². The number of anilines is 2. The van der Waals surface area contributed by atoms with E-state index < -0.39 is 5.91 Å². The summed E-state index contributed by atoms with van der Waals surface area (Å²) in [4.78, 5) is 24.9. The largest absolute Gasteiger partial charge is 0.355 e. The maximum absolute atomic E-state index is 12.5. The van der Waals surface area contributed by atoms with Crippen molar-refractivity contribution in [1.29, 1.82) is 0 Å². The average Bonchev–Trinajstić information content (AvgIpc) is 3.54. The number of thioether (sulfide) groups is 1. The SMILES string of the molecule is O=C(CSc1nnc(NC(=O)c2cc(-c3ccccc3)on2)s1)Nc1cccc2ccccc12. The van der Waals surface area contributed by atoms with Crippen molar-refractivity contribution in [3.8, 4) is 11.3 Å². The molecule has 0 aliphatic rings. The van der Waals surface area contributed by atoms with Gasteiger partial charge < -0.3 is 9.84 Å². The van der Waals surface area contributed by atoms with Gasteiger partial charge in [0, 0.05) is 22.7 Å². The summed E-state index contributed by atoms with van der Waals surface area (Å²) in [5.41, 5.74) is 1.72. The minimum atomic E-state index is -0.452. The summed E-state index contributed by atoms with van der Waals surface area (Å²) in [6.45, 7) is 0. The summed E-state index contributed by atoms with van der Waals surface area (Å²) in [5.74, 6) is 0.0529. The fourth-order valence-electron chi connectivity index (χ4n) is 3.25. The fourth-order valence-corrected chi connectivity index (χ4v) is 4.80. The van der Waals surface area contributed by atoms with Crippen LogP contribution in [0.25, 0.3) is 22.1 Å². The van der Waals surface area contributed by atoms with Crippen LogP contribution in [0.5, 0.6) is 0 Å². The van der Waals surface area contributed by atoms with Crippen LogP contribution in [0.3, 0.4) is 0 Å². The van der Waals surface area contributed by atoms with Gasteiger partial charge in [0.05, 0.1) is 5.75 Å². The van der Waals surface area contributed by atoms with E-state index in [4.69, 9.17) is 4.52 Å². The molecule has 2 aromatic heterocycles. The van der Waals surface area contributed by atoms with Crippen LogP contribution < -0.4 is 10.6 Å². The number of carbonyl (C=O) groups excluding carboxylic acids is 2. The number of aromatic nitrogens is 3. The molecule has 10 heteroatoms. The number of fused-ring (bicyclic) bond motifs is 1. The van der Waals surface area contributed by atoms with Gasteiger partial charge >= 0.3 is 0 Å². The molecular weight excluding hydrogens is 470 g/mol. The summed E-state index contributed by atoms with van der Waals surface area (Å²) < 4.78 is 5.83. The van der Waals surface area contributed by atoms with Crippen molar-refractivity contribution < 1.29 is 14.1 Å². The number of amides is 2. The van der Waals surface area contributed by atoms with Crippen molar-refractivity contribution in [2.75, 3.05) is 16.4 Å². The van der Waals surface area contributed by atoms with Gasteiger partial charge in [-0.1, -0.05) is 95.0 Å². The summed E-state index contributed by atoms with van der Waals surface area (Å²) in [6, 6.07) is 24.6. The van der Waals surface area contributed by atoms with Crippen LogP contribution in [-0.4, -0.2) is 32.9 Å². The minimum Gasteiger partial charge on any atom is -0.355 e. The fraction of sp³-hybridized carbons (Fsp3) is 0.0417. The van der Waals surface area contributed by atoms with Crippen molar-refractivity contribution in [2.24, 2.45) is 0 Å². The molecule has 0 spiro atoms. The molecule has 0 saturated carbocycles. The molecule has 0 fully saturated rings. The summed E-state index contributed by atoms with van der Waals surface area (Å²) in [6.07, 6.45) is 0. The molecule has 5 aromatic rings. The molecule has 168 valence electrons. The lowest BCUT2D eigenvalue weighted by atomic mass is 10.1. The Kier molecular flexibility index (Phi) is 6.32. The van der Waals surface area contributed by atoms with Gasteiger partial charge in [-0.15, -0.1) is 10.2 Å². The molecular formula is C24H17N5O3S2. The van der Waals surface area contributed by atoms with E-state index >= 15 is 0 Å². The molecule has 0 atom stereocenters. The van der Waals surface area contributed by atoms with Gasteiger partial charge in [-0.2, -0.15) is 0 Å². The van der Waals surface area contributed by atoms with E-state index in [1.165, 1.54) is 23.1 Å². The molecule has 2 heterocycles. The molecule has 34 heavy (non-hydrogen) atoms. The molecule has 0 aliphatic heterocycles. The number of nitrogens with one attached hydrogen (secondary N) is 2. The van der Waals surface area contributed by atoms with Gasteiger partial charge in [0.15, 0.2) is 15.8 Å². The summed E-state index contributed by atoms with van der Waals surface area (Å²) in [5, 5.41) is 19.8. The van der Waals surface area contributed by atoms with E-state index in [9.17, 15) is 9.59 Å². The minimum absolute atomic E-state index is 0.137. The molecule has 3 aromatic carbocycles. The maximum atomic E-state index is 12.5. The Morgan fingerprint density at radius 1 is 0.912 bits per heavy atom. The zero-order valence-corrected chi connectivity index (χ0v) is 19.2. The lowest BCUT2D eigenvalue weighted by molar-refractivity contribution is -0.113. The molecule has 0 bridgehead atoms. The third-order valence-corrected chi connectivity index (χ3v) is 6.79. The van der Waals surface area contributed by atoms with Crippen LogP contribution in [0.1, 0.15) is 10.5 Å². The second-order valence-corrected chi connectivity index (χ2v) is 9.33. The monoisotopic (exact) mass is 487 g/mol. The van der Waals surface area contributed by atoms with E-state index in [2.05, 4.69) is 26.0 Å². The quantitative estimate of drug-likeness (QED) is 0.236. The van der Waals surface area contributed by atoms with Gasteiger partial charge in [0.2, 0.25) is 11.0 Å². The Labute approximate surface area is 202 Å². The Morgan fingerprint density at radius 3 is 2.59 bits per heavy atom. The Morgan fingerprint density at radius 2 is 1.71 bits per heavy atom. The Hall–Kier alpha value is -4.02. The van der Waals surface area contributed by atoms with E-state index in [0.717, 1.165) is 22.0 Å². The van der Waals surface area contributed by atoms with Crippen LogP contribution in [0.15, 0.2) is 87.7 Å². The van der Waals surface area contributed by atoms with Gasteiger partial charge in [0.1, 0.15) is 0 Å². The lowest BCUT2D eigenvalue weighted by Gasteiger charge is -2.08. The number of hydrogen-bond donors (Lipinski definition) is 2. The van der Waals surface area contributed by atoms with E-state index in [-0.39, 0.29) is 17.4 Å². The topological polar surface area (TPSA) is 110 Å². The predicted octanol–water partition coefficient (Wildman–Crippen LogP) is 5.33. The van der Waals surface area contributed by atoms with Gasteiger partial charge in [-0.3, -0.25) is 14.9 Å². The van der Waals surface area contributed by atoms with Crippen LogP contribution in [0.2, 0.25) is 0 Å². The van der Waals surface area contributed by atoms with E-state index in [0.29, 0.717) is 15.2 Å². The lowest BCUT2D eigenvalue weighted by Crippen LogP contribution is -2.14. The molecule has 0 unspecified atom stereocenters. The van der Waals surface area contributed by atoms with Crippen molar-refractivity contribution in [2.45, 2.75) is 4.34 Å². The Balaban J connectivity index is 1.16. The van der Waals surface area contributed by atoms with Gasteiger partial charge in [-0.05, 0) is 11.5 Å². The highest BCUT2D eigenvalue weighted by Crippen LogP contribution is 2.27. The standard InChI is InChI=1S/C24H17N5O3S2/c30-21(25-18-12-6-10-15-7-4-5-11-17(15)18)14-33-24-28-27-23(34-24)26-22(31)19-13-20(32-29-19)16-8-2-1-3-9-16/h1-13H,14H2,(H,25,30)(H,26,27,31). The summed E-state index contributed by atoms with van der Waals surface area (Å²) in [7, 11) is 0. The predicted molar refractivity (Wildman–Crippen MR) is 133 cm³/mol. The van der Waals surface area contributed by atoms with Crippen molar-refractivity contribution >= 4 is 56.5 Å². The zero-order valence-electron chi connectivity index (χ0n) is 17.6. The summed E-state index contributed by atoms with van der Waals surface area (Å²) >= 11 is 2.43. The zero-order chi connectivity index (χ0) is 23.3. The van der Waals surface area contributed by atoms with E-state index in [1.54, 1.807) is 6.07 Å². The second-order valence-electron chi connectivity index (χ2n) is 7.13. The average molecular weight is 488 g/mol. The first-order chi connectivity index (χ1) is 16.7. The van der Waals surface area contributed by atoms with Crippen molar-refractivity contribution in [3.05, 3.63) is 84.6 Å². The molecule has 2 amide bonds. The maximum Gasteiger partial charge on any atom is 0.279 e. The third kappa shape index (κ3) is 4.98. The first kappa shape index (κ1) is 21.8. The highest BCUT2D eigenvalue weighted by atomic mass is 32.2.